The predicted octanol–water partition coefficient (Wildman–Crippen LogP) is 0.320. The molecule has 3 fully saturated rings. The summed E-state index contributed by atoms with van der Waals surface area (Å²) in [6.07, 6.45) is -3.76. The molecule has 3 N–H and O–H groups in total. The van der Waals surface area contributed by atoms with Crippen LogP contribution in [0.3, 0.4) is 0 Å². The van der Waals surface area contributed by atoms with E-state index < -0.39 is 60.1 Å². The summed E-state index contributed by atoms with van der Waals surface area (Å²) in [6.45, 7) is 8.57. The maximum atomic E-state index is 13.0. The van der Waals surface area contributed by atoms with Crippen LogP contribution in [0.2, 0.25) is 0 Å². The maximum Gasteiger partial charge on any atom is 0.252 e. The number of hydrogen-bond donors (Lipinski definition) is 3. The molecule has 3 aliphatic heterocycles. The Morgan fingerprint density at radius 1 is 0.886 bits per heavy atom. The average molecular weight is 492 g/mol. The Morgan fingerprint density at radius 2 is 1.51 bits per heavy atom. The Balaban J connectivity index is 1.28. The van der Waals surface area contributed by atoms with Gasteiger partial charge in [0.15, 0.2) is 24.0 Å². The summed E-state index contributed by atoms with van der Waals surface area (Å²) in [7, 11) is 0. The molecule has 0 spiro atoms. The van der Waals surface area contributed by atoms with Gasteiger partial charge in [-0.3, -0.25) is 14.4 Å². The quantitative estimate of drug-likeness (QED) is 0.497. The Bertz CT molecular complexity index is 953. The van der Waals surface area contributed by atoms with Crippen LogP contribution in [0.4, 0.5) is 0 Å². The van der Waals surface area contributed by atoms with E-state index in [1.54, 1.807) is 34.6 Å². The minimum atomic E-state index is -1.07. The third kappa shape index (κ3) is 5.99. The largest absolute Gasteiger partial charge is 0.350 e. The molecule has 3 heterocycles. The Kier molecular flexibility index (Phi) is 7.16. The van der Waals surface area contributed by atoms with Crippen molar-refractivity contribution in [3.05, 3.63) is 35.9 Å². The summed E-state index contributed by atoms with van der Waals surface area (Å²) < 4.78 is 29.5. The number of carbonyl (C=O) groups is 3. The summed E-state index contributed by atoms with van der Waals surface area (Å²) in [5.74, 6) is -3.25. The van der Waals surface area contributed by atoms with Crippen LogP contribution >= 0.6 is 0 Å². The number of nitrogens with one attached hydrogen (secondary N) is 3. The lowest BCUT2D eigenvalue weighted by Gasteiger charge is -2.36. The summed E-state index contributed by atoms with van der Waals surface area (Å²) in [5.41, 5.74) is 0.945. The van der Waals surface area contributed by atoms with Gasteiger partial charge in [0.1, 0.15) is 24.4 Å². The molecule has 0 aromatic heterocycles. The molecule has 6 atom stereocenters. The molecule has 0 bridgehead atoms. The van der Waals surface area contributed by atoms with Crippen LogP contribution in [0.15, 0.2) is 30.3 Å². The van der Waals surface area contributed by atoms with Crippen molar-refractivity contribution in [2.24, 2.45) is 0 Å². The Hall–Kier alpha value is -2.57. The third-order valence-corrected chi connectivity index (χ3v) is 5.92. The van der Waals surface area contributed by atoms with Crippen molar-refractivity contribution in [1.82, 2.24) is 16.0 Å². The van der Waals surface area contributed by atoms with Gasteiger partial charge in [0.05, 0.1) is 6.54 Å². The van der Waals surface area contributed by atoms with Gasteiger partial charge in [-0.1, -0.05) is 30.3 Å². The molecule has 35 heavy (non-hydrogen) atoms. The smallest absolute Gasteiger partial charge is 0.252 e. The van der Waals surface area contributed by atoms with Gasteiger partial charge in [-0.05, 0) is 40.2 Å². The standard InChI is InChI=1S/C24H33N3O8/c1-13(20(29)25-11-14-9-7-6-8-10-14)27-15(28)12-26-21(30)18-16-17(33-23(2,3)32-16)19-22(31-18)35-24(4,5)34-19/h6-10,13,16-19,22H,11-12H2,1-5H3,(H,25,29)(H,26,30)(H,27,28)/t13?,16-,17+,18+,19-,22-/m1/s1. The molecule has 3 amide bonds. The number of fused-ring (bicyclic) bond motifs is 3. The van der Waals surface area contributed by atoms with E-state index >= 15 is 0 Å². The minimum absolute atomic E-state index is 0.335. The van der Waals surface area contributed by atoms with E-state index in [2.05, 4.69) is 16.0 Å². The van der Waals surface area contributed by atoms with Gasteiger partial charge in [-0.2, -0.15) is 0 Å². The lowest BCUT2D eigenvalue weighted by Crippen LogP contribution is -2.60. The number of ether oxygens (including phenoxy) is 5. The second kappa shape index (κ2) is 9.82. The van der Waals surface area contributed by atoms with E-state index in [1.807, 2.05) is 30.3 Å². The van der Waals surface area contributed by atoms with Crippen LogP contribution in [-0.4, -0.2) is 72.6 Å². The van der Waals surface area contributed by atoms with Crippen molar-refractivity contribution < 1.29 is 38.1 Å². The number of rotatable bonds is 7. The highest BCUT2D eigenvalue weighted by Crippen LogP contribution is 2.44. The second-order valence-corrected chi connectivity index (χ2v) is 9.80. The average Bonchev–Trinajstić information content (AvgIpc) is 3.29. The van der Waals surface area contributed by atoms with Crippen LogP contribution in [0, 0.1) is 0 Å². The topological polar surface area (TPSA) is 133 Å². The summed E-state index contributed by atoms with van der Waals surface area (Å²) in [5, 5.41) is 7.89. The summed E-state index contributed by atoms with van der Waals surface area (Å²) in [6, 6.07) is 8.65. The number of hydrogen-bond acceptors (Lipinski definition) is 8. The number of benzene rings is 1. The van der Waals surface area contributed by atoms with Crippen molar-refractivity contribution in [2.45, 2.75) is 89.5 Å². The molecule has 1 aromatic rings. The van der Waals surface area contributed by atoms with E-state index in [-0.39, 0.29) is 12.5 Å². The van der Waals surface area contributed by atoms with Crippen LogP contribution < -0.4 is 16.0 Å². The third-order valence-electron chi connectivity index (χ3n) is 5.92. The molecule has 3 aliphatic rings. The highest BCUT2D eigenvalue weighted by atomic mass is 16.9. The SMILES string of the molecule is CC(NC(=O)CNC(=O)[C@H]1O[C@@H]2OC(C)(C)O[C@@H]2[C@H]2OC(C)(C)O[C@H]21)C(=O)NCc1ccccc1. The zero-order valence-corrected chi connectivity index (χ0v) is 20.5. The fourth-order valence-electron chi connectivity index (χ4n) is 4.39. The second-order valence-electron chi connectivity index (χ2n) is 9.80. The highest BCUT2D eigenvalue weighted by Gasteiger charge is 2.62. The Morgan fingerprint density at radius 3 is 2.23 bits per heavy atom. The molecule has 11 heteroatoms. The van der Waals surface area contributed by atoms with Crippen LogP contribution in [0.1, 0.15) is 40.2 Å². The number of amides is 3. The van der Waals surface area contributed by atoms with Crippen LogP contribution in [-0.2, 0) is 44.6 Å². The fourth-order valence-corrected chi connectivity index (χ4v) is 4.39. The molecule has 0 saturated carbocycles. The molecular weight excluding hydrogens is 458 g/mol. The molecule has 1 aromatic carbocycles. The zero-order valence-electron chi connectivity index (χ0n) is 20.5. The summed E-state index contributed by atoms with van der Waals surface area (Å²) in [4.78, 5) is 37.6. The first-order chi connectivity index (χ1) is 16.4. The monoisotopic (exact) mass is 491 g/mol. The lowest BCUT2D eigenvalue weighted by atomic mass is 9.98. The predicted molar refractivity (Wildman–Crippen MR) is 121 cm³/mol. The maximum absolute atomic E-state index is 13.0. The molecule has 0 aliphatic carbocycles. The van der Waals surface area contributed by atoms with E-state index in [9.17, 15) is 14.4 Å². The first-order valence-corrected chi connectivity index (χ1v) is 11.7. The fraction of sp³-hybridized carbons (Fsp3) is 0.625. The van der Waals surface area contributed by atoms with Crippen molar-refractivity contribution in [2.75, 3.05) is 6.54 Å². The van der Waals surface area contributed by atoms with E-state index in [0.29, 0.717) is 6.54 Å². The molecule has 4 rings (SSSR count). The van der Waals surface area contributed by atoms with Gasteiger partial charge < -0.3 is 39.6 Å². The molecule has 11 nitrogen and oxygen atoms in total. The van der Waals surface area contributed by atoms with Crippen molar-refractivity contribution in [3.8, 4) is 0 Å². The molecular formula is C24H33N3O8. The van der Waals surface area contributed by atoms with Gasteiger partial charge in [0.25, 0.3) is 5.91 Å². The van der Waals surface area contributed by atoms with Gasteiger partial charge in [0, 0.05) is 6.54 Å². The molecule has 1 unspecified atom stereocenters. The molecule has 192 valence electrons. The van der Waals surface area contributed by atoms with Crippen molar-refractivity contribution in [3.63, 3.8) is 0 Å². The molecule has 3 saturated heterocycles. The van der Waals surface area contributed by atoms with E-state index in [4.69, 9.17) is 23.7 Å². The van der Waals surface area contributed by atoms with Gasteiger partial charge in [0.2, 0.25) is 11.8 Å². The first kappa shape index (κ1) is 25.5. The minimum Gasteiger partial charge on any atom is -0.350 e. The normalized spacial score (nSPS) is 31.1. The zero-order chi connectivity index (χ0) is 25.4. The van der Waals surface area contributed by atoms with Gasteiger partial charge >= 0.3 is 0 Å². The van der Waals surface area contributed by atoms with Crippen LogP contribution in [0.5, 0.6) is 0 Å². The van der Waals surface area contributed by atoms with Gasteiger partial charge in [-0.25, -0.2) is 0 Å². The summed E-state index contributed by atoms with van der Waals surface area (Å²) >= 11 is 0. The lowest BCUT2D eigenvalue weighted by molar-refractivity contribution is -0.231. The van der Waals surface area contributed by atoms with E-state index in [0.717, 1.165) is 5.56 Å². The van der Waals surface area contributed by atoms with Crippen LogP contribution in [0.25, 0.3) is 0 Å². The van der Waals surface area contributed by atoms with E-state index in [1.165, 1.54) is 0 Å². The Labute approximate surface area is 204 Å². The highest BCUT2D eigenvalue weighted by molar-refractivity contribution is 5.90. The first-order valence-electron chi connectivity index (χ1n) is 11.7. The van der Waals surface area contributed by atoms with Crippen molar-refractivity contribution >= 4 is 17.7 Å². The van der Waals surface area contributed by atoms with Gasteiger partial charge in [-0.15, -0.1) is 0 Å². The van der Waals surface area contributed by atoms with Crippen molar-refractivity contribution in [1.29, 1.82) is 0 Å². The number of carbonyl (C=O) groups excluding carboxylic acids is 3. The molecule has 0 radical (unpaired) electrons.